The number of aryl methyl sites for hydroxylation is 1. The van der Waals surface area contributed by atoms with Gasteiger partial charge in [-0.2, -0.15) is 0 Å². The zero-order valence-electron chi connectivity index (χ0n) is 8.77. The van der Waals surface area contributed by atoms with Crippen LogP contribution in [-0.4, -0.2) is 23.2 Å². The maximum atomic E-state index is 5.59. The van der Waals surface area contributed by atoms with E-state index in [0.29, 0.717) is 17.7 Å². The number of thiophene rings is 1. The van der Waals surface area contributed by atoms with Crippen LogP contribution in [-0.2, 0) is 6.42 Å². The number of ether oxygens (including phenoxy) is 1. The minimum Gasteiger partial charge on any atom is -0.496 e. The van der Waals surface area contributed by atoms with Crippen LogP contribution in [0.25, 0.3) is 10.8 Å². The van der Waals surface area contributed by atoms with Gasteiger partial charge in [0.2, 0.25) is 5.89 Å². The summed E-state index contributed by atoms with van der Waals surface area (Å²) in [6, 6.07) is 1.88. The Morgan fingerprint density at radius 2 is 2.38 bits per heavy atom. The minimum atomic E-state index is 0.540. The number of aromatic nitrogens is 2. The highest BCUT2D eigenvalue weighted by Crippen LogP contribution is 2.29. The van der Waals surface area contributed by atoms with Gasteiger partial charge in [0.05, 0.1) is 12.0 Å². The molecule has 16 heavy (non-hydrogen) atoms. The van der Waals surface area contributed by atoms with Crippen LogP contribution in [0.5, 0.6) is 5.75 Å². The molecule has 6 heteroatoms. The molecule has 0 aliphatic rings. The van der Waals surface area contributed by atoms with Gasteiger partial charge in [0, 0.05) is 23.7 Å². The molecule has 0 unspecified atom stereocenters. The van der Waals surface area contributed by atoms with Gasteiger partial charge in [0.25, 0.3) is 5.89 Å². The van der Waals surface area contributed by atoms with E-state index in [1.807, 2.05) is 11.4 Å². The summed E-state index contributed by atoms with van der Waals surface area (Å²) >= 11 is 7.11. The molecule has 0 spiro atoms. The summed E-state index contributed by atoms with van der Waals surface area (Å²) in [5.41, 5.74) is 0. The number of rotatable bonds is 5. The van der Waals surface area contributed by atoms with Crippen molar-refractivity contribution < 1.29 is 9.15 Å². The van der Waals surface area contributed by atoms with E-state index in [4.69, 9.17) is 20.8 Å². The van der Waals surface area contributed by atoms with Crippen LogP contribution >= 0.6 is 22.9 Å². The molecule has 0 bridgehead atoms. The lowest BCUT2D eigenvalue weighted by molar-refractivity contribution is 0.416. The van der Waals surface area contributed by atoms with Crippen LogP contribution in [0.15, 0.2) is 15.9 Å². The van der Waals surface area contributed by atoms with Crippen molar-refractivity contribution in [3.8, 4) is 16.5 Å². The number of alkyl halides is 1. The Bertz CT molecular complexity index is 455. The van der Waals surface area contributed by atoms with Gasteiger partial charge in [-0.25, -0.2) is 0 Å². The molecule has 2 aromatic rings. The van der Waals surface area contributed by atoms with Gasteiger partial charge in [-0.3, -0.25) is 0 Å². The maximum Gasteiger partial charge on any atom is 0.257 e. The van der Waals surface area contributed by atoms with Crippen molar-refractivity contribution in [3.63, 3.8) is 0 Å². The molecule has 4 nitrogen and oxygen atoms in total. The molecule has 2 aromatic heterocycles. The van der Waals surface area contributed by atoms with Crippen molar-refractivity contribution in [3.05, 3.63) is 17.3 Å². The van der Waals surface area contributed by atoms with Gasteiger partial charge in [0.1, 0.15) is 5.75 Å². The normalized spacial score (nSPS) is 10.6. The molecule has 0 aromatic carbocycles. The van der Waals surface area contributed by atoms with Gasteiger partial charge in [-0.15, -0.1) is 33.1 Å². The highest BCUT2D eigenvalue weighted by molar-refractivity contribution is 7.13. The van der Waals surface area contributed by atoms with Crippen LogP contribution in [0.3, 0.4) is 0 Å². The third kappa shape index (κ3) is 2.54. The van der Waals surface area contributed by atoms with Crippen LogP contribution in [0.1, 0.15) is 12.3 Å². The second kappa shape index (κ2) is 5.32. The lowest BCUT2D eigenvalue weighted by Gasteiger charge is -1.90. The van der Waals surface area contributed by atoms with E-state index in [-0.39, 0.29) is 0 Å². The zero-order valence-corrected chi connectivity index (χ0v) is 10.3. The molecule has 2 heterocycles. The molecule has 0 saturated heterocycles. The second-order valence-corrected chi connectivity index (χ2v) is 4.43. The molecule has 0 radical (unpaired) electrons. The van der Waals surface area contributed by atoms with Crippen LogP contribution in [0.4, 0.5) is 0 Å². The third-order valence-corrected chi connectivity index (χ3v) is 3.18. The summed E-state index contributed by atoms with van der Waals surface area (Å²) in [6.45, 7) is 0. The second-order valence-electron chi connectivity index (χ2n) is 3.14. The van der Waals surface area contributed by atoms with Crippen molar-refractivity contribution >= 4 is 22.9 Å². The number of hydrogen-bond donors (Lipinski definition) is 0. The van der Waals surface area contributed by atoms with E-state index in [9.17, 15) is 0 Å². The first-order valence-electron chi connectivity index (χ1n) is 4.84. The Morgan fingerprint density at radius 3 is 3.06 bits per heavy atom. The average Bonchev–Trinajstić information content (AvgIpc) is 2.94. The molecule has 2 rings (SSSR count). The highest BCUT2D eigenvalue weighted by atomic mass is 35.5. The Kier molecular flexibility index (Phi) is 3.79. The van der Waals surface area contributed by atoms with E-state index < -0.39 is 0 Å². The van der Waals surface area contributed by atoms with Gasteiger partial charge in [-0.05, 0) is 6.42 Å². The fourth-order valence-corrected chi connectivity index (χ4v) is 2.12. The number of nitrogens with zero attached hydrogens (tertiary/aromatic N) is 2. The Balaban J connectivity index is 2.11. The third-order valence-electron chi connectivity index (χ3n) is 2.01. The molecule has 0 atom stereocenters. The number of halogens is 1. The van der Waals surface area contributed by atoms with Crippen molar-refractivity contribution in [2.45, 2.75) is 12.8 Å². The number of methoxy groups -OCH3 is 1. The summed E-state index contributed by atoms with van der Waals surface area (Å²) in [4.78, 5) is 0.918. The Labute approximate surface area is 102 Å². The van der Waals surface area contributed by atoms with Gasteiger partial charge in [-0.1, -0.05) is 0 Å². The monoisotopic (exact) mass is 258 g/mol. The van der Waals surface area contributed by atoms with E-state index >= 15 is 0 Å². The SMILES string of the molecule is COc1csc(-c2nnc(CCCCl)o2)c1. The highest BCUT2D eigenvalue weighted by Gasteiger charge is 2.10. The molecular formula is C10H11ClN2O2S. The molecule has 0 fully saturated rings. The largest absolute Gasteiger partial charge is 0.496 e. The van der Waals surface area contributed by atoms with E-state index in [0.717, 1.165) is 23.5 Å². The smallest absolute Gasteiger partial charge is 0.257 e. The van der Waals surface area contributed by atoms with E-state index in [2.05, 4.69) is 10.2 Å². The first-order valence-corrected chi connectivity index (χ1v) is 6.26. The fraction of sp³-hybridized carbons (Fsp3) is 0.400. The van der Waals surface area contributed by atoms with Crippen LogP contribution < -0.4 is 4.74 Å². The van der Waals surface area contributed by atoms with Crippen LogP contribution in [0.2, 0.25) is 0 Å². The lowest BCUT2D eigenvalue weighted by atomic mass is 10.3. The quantitative estimate of drug-likeness (QED) is 0.774. The molecule has 0 amide bonds. The van der Waals surface area contributed by atoms with Crippen molar-refractivity contribution in [2.75, 3.05) is 13.0 Å². The van der Waals surface area contributed by atoms with Gasteiger partial charge < -0.3 is 9.15 Å². The summed E-state index contributed by atoms with van der Waals surface area (Å²) in [5.74, 6) is 2.58. The summed E-state index contributed by atoms with van der Waals surface area (Å²) in [6.07, 6.45) is 1.57. The molecular weight excluding hydrogens is 248 g/mol. The molecule has 0 saturated carbocycles. The molecule has 0 aliphatic heterocycles. The van der Waals surface area contributed by atoms with Crippen molar-refractivity contribution in [1.82, 2.24) is 10.2 Å². The maximum absolute atomic E-state index is 5.59. The van der Waals surface area contributed by atoms with Crippen molar-refractivity contribution in [2.24, 2.45) is 0 Å². The van der Waals surface area contributed by atoms with Crippen LogP contribution in [0, 0.1) is 0 Å². The molecule has 0 aliphatic carbocycles. The van der Waals surface area contributed by atoms with Gasteiger partial charge in [0.15, 0.2) is 0 Å². The van der Waals surface area contributed by atoms with E-state index in [1.165, 1.54) is 11.3 Å². The van der Waals surface area contributed by atoms with E-state index in [1.54, 1.807) is 7.11 Å². The Morgan fingerprint density at radius 1 is 1.50 bits per heavy atom. The first kappa shape index (κ1) is 11.4. The average molecular weight is 259 g/mol. The number of hydrogen-bond acceptors (Lipinski definition) is 5. The molecule has 86 valence electrons. The first-order chi connectivity index (χ1) is 7.83. The fourth-order valence-electron chi connectivity index (χ4n) is 1.21. The predicted molar refractivity (Wildman–Crippen MR) is 63.2 cm³/mol. The topological polar surface area (TPSA) is 48.2 Å². The summed E-state index contributed by atoms with van der Waals surface area (Å²) < 4.78 is 10.6. The summed E-state index contributed by atoms with van der Waals surface area (Å²) in [7, 11) is 1.63. The standard InChI is InChI=1S/C10H11ClN2O2S/c1-14-7-5-8(16-6-7)10-13-12-9(15-10)3-2-4-11/h5-6H,2-4H2,1H3. The Hall–Kier alpha value is -1.07. The summed E-state index contributed by atoms with van der Waals surface area (Å²) in [5, 5.41) is 9.84. The minimum absolute atomic E-state index is 0.540. The molecule has 0 N–H and O–H groups in total. The predicted octanol–water partition coefficient (Wildman–Crippen LogP) is 2.98. The lowest BCUT2D eigenvalue weighted by Crippen LogP contribution is -1.85. The van der Waals surface area contributed by atoms with Gasteiger partial charge >= 0.3 is 0 Å². The zero-order chi connectivity index (χ0) is 11.4. The van der Waals surface area contributed by atoms with Crippen molar-refractivity contribution in [1.29, 1.82) is 0 Å².